The lowest BCUT2D eigenvalue weighted by molar-refractivity contribution is -0.132. The van der Waals surface area contributed by atoms with Gasteiger partial charge < -0.3 is 4.90 Å². The van der Waals surface area contributed by atoms with Crippen molar-refractivity contribution in [3.05, 3.63) is 53.3 Å². The zero-order valence-corrected chi connectivity index (χ0v) is 15.8. The molecule has 1 aromatic carbocycles. The Kier molecular flexibility index (Phi) is 4.03. The van der Waals surface area contributed by atoms with Gasteiger partial charge in [0.1, 0.15) is 5.57 Å². The summed E-state index contributed by atoms with van der Waals surface area (Å²) in [5.41, 5.74) is 3.29. The van der Waals surface area contributed by atoms with Gasteiger partial charge in [-0.1, -0.05) is 32.0 Å². The van der Waals surface area contributed by atoms with E-state index in [0.29, 0.717) is 0 Å². The monoisotopic (exact) mass is 355 g/mol. The molecule has 0 aliphatic carbocycles. The van der Waals surface area contributed by atoms with Gasteiger partial charge in [-0.15, -0.1) is 0 Å². The molecule has 130 valence electrons. The first kappa shape index (κ1) is 17.4. The van der Waals surface area contributed by atoms with Crippen molar-refractivity contribution in [2.75, 3.05) is 26.0 Å². The second-order valence-corrected chi connectivity index (χ2v) is 7.21. The number of thiocarbonyl (C=S) groups is 1. The molecule has 0 aromatic heterocycles. The lowest BCUT2D eigenvalue weighted by Crippen LogP contribution is -2.52. The van der Waals surface area contributed by atoms with Crippen LogP contribution in [-0.2, 0) is 15.0 Å². The first-order valence-electron chi connectivity index (χ1n) is 8.03. The third-order valence-corrected chi connectivity index (χ3v) is 5.54. The van der Waals surface area contributed by atoms with Gasteiger partial charge >= 0.3 is 0 Å². The minimum atomic E-state index is -0.374. The van der Waals surface area contributed by atoms with Crippen LogP contribution in [-0.4, -0.2) is 47.9 Å². The van der Waals surface area contributed by atoms with E-state index in [1.54, 1.807) is 20.2 Å². The summed E-state index contributed by atoms with van der Waals surface area (Å²) in [7, 11) is 5.15. The van der Waals surface area contributed by atoms with Crippen molar-refractivity contribution in [3.63, 3.8) is 0 Å². The lowest BCUT2D eigenvalue weighted by atomic mass is 9.83. The number of anilines is 1. The number of hydrogen-bond donors (Lipinski definition) is 0. The van der Waals surface area contributed by atoms with E-state index in [9.17, 15) is 9.59 Å². The van der Waals surface area contributed by atoms with E-state index >= 15 is 0 Å². The van der Waals surface area contributed by atoms with E-state index in [1.807, 2.05) is 25.3 Å². The molecule has 0 radical (unpaired) electrons. The predicted octanol–water partition coefficient (Wildman–Crippen LogP) is 2.44. The SMILES string of the molecule is CN1C(=O)C(=CC=C2N(C)c3ccccc3C2(C)C)C(=O)N(C)C1=S. The summed E-state index contributed by atoms with van der Waals surface area (Å²) in [5, 5.41) is 0.213. The largest absolute Gasteiger partial charge is 0.347 e. The van der Waals surface area contributed by atoms with Gasteiger partial charge in [0.25, 0.3) is 11.8 Å². The van der Waals surface area contributed by atoms with Crippen LogP contribution in [0.3, 0.4) is 0 Å². The van der Waals surface area contributed by atoms with Crippen molar-refractivity contribution >= 4 is 34.8 Å². The fourth-order valence-electron chi connectivity index (χ4n) is 3.46. The van der Waals surface area contributed by atoms with Crippen molar-refractivity contribution in [2.45, 2.75) is 19.3 Å². The second kappa shape index (κ2) is 5.81. The Morgan fingerprint density at radius 1 is 0.920 bits per heavy atom. The number of fused-ring (bicyclic) bond motifs is 1. The Balaban J connectivity index is 2.04. The number of hydrogen-bond acceptors (Lipinski definition) is 4. The smallest absolute Gasteiger partial charge is 0.265 e. The molecule has 3 rings (SSSR count). The van der Waals surface area contributed by atoms with Gasteiger partial charge in [0.05, 0.1) is 0 Å². The van der Waals surface area contributed by atoms with Gasteiger partial charge in [-0.2, -0.15) is 0 Å². The van der Waals surface area contributed by atoms with Gasteiger partial charge in [0, 0.05) is 37.9 Å². The molecular formula is C19H21N3O2S. The number of para-hydroxylation sites is 1. The van der Waals surface area contributed by atoms with Crippen LogP contribution >= 0.6 is 12.2 Å². The standard InChI is InChI=1S/C19H21N3O2S/c1-19(2)13-8-6-7-9-14(13)20(3)15(19)11-10-12-16(23)21(4)18(25)22(5)17(12)24/h6-11H,1-5H3. The van der Waals surface area contributed by atoms with Crippen LogP contribution in [0.1, 0.15) is 19.4 Å². The maximum Gasteiger partial charge on any atom is 0.265 e. The lowest BCUT2D eigenvalue weighted by Gasteiger charge is -2.31. The minimum absolute atomic E-state index is 0.117. The molecule has 25 heavy (non-hydrogen) atoms. The van der Waals surface area contributed by atoms with E-state index in [-0.39, 0.29) is 27.9 Å². The summed E-state index contributed by atoms with van der Waals surface area (Å²) in [4.78, 5) is 29.6. The predicted molar refractivity (Wildman–Crippen MR) is 102 cm³/mol. The van der Waals surface area contributed by atoms with Gasteiger partial charge in [-0.3, -0.25) is 19.4 Å². The highest BCUT2D eigenvalue weighted by Crippen LogP contribution is 2.46. The Morgan fingerprint density at radius 2 is 1.48 bits per heavy atom. The highest BCUT2D eigenvalue weighted by atomic mass is 32.1. The van der Waals surface area contributed by atoms with E-state index in [0.717, 1.165) is 11.4 Å². The second-order valence-electron chi connectivity index (χ2n) is 6.84. The molecule has 1 fully saturated rings. The molecule has 0 N–H and O–H groups in total. The molecule has 2 aliphatic heterocycles. The molecule has 1 aromatic rings. The van der Waals surface area contributed by atoms with Crippen molar-refractivity contribution in [3.8, 4) is 0 Å². The van der Waals surface area contributed by atoms with Gasteiger partial charge in [0.15, 0.2) is 5.11 Å². The summed E-state index contributed by atoms with van der Waals surface area (Å²) >= 11 is 5.11. The highest BCUT2D eigenvalue weighted by molar-refractivity contribution is 7.80. The molecule has 0 bridgehead atoms. The molecule has 2 amide bonds. The highest BCUT2D eigenvalue weighted by Gasteiger charge is 2.39. The number of carbonyl (C=O) groups excluding carboxylic acids is 2. The molecule has 0 unspecified atom stereocenters. The summed E-state index contributed by atoms with van der Waals surface area (Å²) in [6, 6.07) is 8.21. The number of likely N-dealkylation sites (N-methyl/N-ethyl adjacent to an activating group) is 3. The Bertz CT molecular complexity index is 828. The number of carbonyl (C=O) groups is 2. The van der Waals surface area contributed by atoms with Crippen molar-refractivity contribution < 1.29 is 9.59 Å². The van der Waals surface area contributed by atoms with Gasteiger partial charge in [-0.05, 0) is 36.0 Å². The average molecular weight is 355 g/mol. The number of rotatable bonds is 1. The molecule has 1 saturated heterocycles. The topological polar surface area (TPSA) is 43.9 Å². The fourth-order valence-corrected chi connectivity index (χ4v) is 3.62. The first-order chi connectivity index (χ1) is 11.7. The van der Waals surface area contributed by atoms with Crippen LogP contribution in [0.4, 0.5) is 5.69 Å². The quantitative estimate of drug-likeness (QED) is 0.441. The van der Waals surface area contributed by atoms with Crippen LogP contribution in [0.25, 0.3) is 0 Å². The third kappa shape index (κ3) is 2.48. The van der Waals surface area contributed by atoms with E-state index in [2.05, 4.69) is 30.9 Å². The maximum absolute atomic E-state index is 12.4. The summed E-state index contributed by atoms with van der Waals surface area (Å²) < 4.78 is 0. The zero-order chi connectivity index (χ0) is 18.5. The number of benzene rings is 1. The molecular weight excluding hydrogens is 334 g/mol. The van der Waals surface area contributed by atoms with Crippen LogP contribution < -0.4 is 4.90 Å². The van der Waals surface area contributed by atoms with Gasteiger partial charge in [0.2, 0.25) is 0 Å². The number of amides is 2. The first-order valence-corrected chi connectivity index (χ1v) is 8.44. The number of nitrogens with zero attached hydrogens (tertiary/aromatic N) is 3. The molecule has 0 saturated carbocycles. The number of allylic oxidation sites excluding steroid dienone is 3. The Labute approximate surface area is 153 Å². The van der Waals surface area contributed by atoms with Gasteiger partial charge in [-0.25, -0.2) is 0 Å². The van der Waals surface area contributed by atoms with E-state index in [4.69, 9.17) is 12.2 Å². The molecule has 0 atom stereocenters. The van der Waals surface area contributed by atoms with Crippen LogP contribution in [0, 0.1) is 0 Å². The summed E-state index contributed by atoms with van der Waals surface area (Å²) in [6.45, 7) is 4.27. The van der Waals surface area contributed by atoms with E-state index < -0.39 is 0 Å². The summed E-state index contributed by atoms with van der Waals surface area (Å²) in [5.74, 6) is -0.748. The summed E-state index contributed by atoms with van der Waals surface area (Å²) in [6.07, 6.45) is 3.47. The Hall–Kier alpha value is -2.47. The average Bonchev–Trinajstić information content (AvgIpc) is 2.79. The van der Waals surface area contributed by atoms with Crippen LogP contribution in [0.2, 0.25) is 0 Å². The third-order valence-electron chi connectivity index (χ3n) is 4.99. The van der Waals surface area contributed by atoms with Crippen LogP contribution in [0.5, 0.6) is 0 Å². The molecule has 0 spiro atoms. The maximum atomic E-state index is 12.4. The zero-order valence-electron chi connectivity index (χ0n) is 15.0. The molecule has 5 nitrogen and oxygen atoms in total. The minimum Gasteiger partial charge on any atom is -0.347 e. The van der Waals surface area contributed by atoms with Crippen LogP contribution in [0.15, 0.2) is 47.7 Å². The van der Waals surface area contributed by atoms with E-state index in [1.165, 1.54) is 15.4 Å². The van der Waals surface area contributed by atoms with Crippen molar-refractivity contribution in [1.29, 1.82) is 0 Å². The normalized spacial score (nSPS) is 21.3. The fraction of sp³-hybridized carbons (Fsp3) is 0.316. The van der Waals surface area contributed by atoms with Crippen molar-refractivity contribution in [1.82, 2.24) is 9.80 Å². The Morgan fingerprint density at radius 3 is 2.04 bits per heavy atom. The molecule has 6 heteroatoms. The molecule has 2 heterocycles. The van der Waals surface area contributed by atoms with Crippen molar-refractivity contribution in [2.24, 2.45) is 0 Å². The molecule has 2 aliphatic rings.